The van der Waals surface area contributed by atoms with Gasteiger partial charge in [0.15, 0.2) is 0 Å². The lowest BCUT2D eigenvalue weighted by Crippen LogP contribution is -2.35. The Kier molecular flexibility index (Phi) is 5.39. The van der Waals surface area contributed by atoms with Gasteiger partial charge in [0, 0.05) is 5.02 Å². The molecule has 2 atom stereocenters. The number of carboxylic acid groups (broad SMARTS) is 1. The molecule has 0 fully saturated rings. The fourth-order valence-corrected chi connectivity index (χ4v) is 3.55. The lowest BCUT2D eigenvalue weighted by Gasteiger charge is -2.27. The normalized spacial score (nSPS) is 17.4. The summed E-state index contributed by atoms with van der Waals surface area (Å²) in [6.45, 7) is 0. The van der Waals surface area contributed by atoms with E-state index in [4.69, 9.17) is 11.6 Å². The molecule has 0 aliphatic heterocycles. The number of benzene rings is 2. The molecule has 5 heteroatoms. The van der Waals surface area contributed by atoms with Gasteiger partial charge in [0.2, 0.25) is 5.91 Å². The SMILES string of the molecule is O=C(O)CC(NC(=O)[C@H]1CCCc2ccccc21)c1ccc(Cl)cc1. The summed E-state index contributed by atoms with van der Waals surface area (Å²) in [4.78, 5) is 24.1. The zero-order valence-corrected chi connectivity index (χ0v) is 14.5. The average Bonchev–Trinajstić information content (AvgIpc) is 2.61. The first kappa shape index (κ1) is 17.5. The fraction of sp³-hybridized carbons (Fsp3) is 0.300. The van der Waals surface area contributed by atoms with E-state index in [-0.39, 0.29) is 18.2 Å². The highest BCUT2D eigenvalue weighted by molar-refractivity contribution is 6.30. The number of hydrogen-bond acceptors (Lipinski definition) is 2. The molecule has 1 aliphatic carbocycles. The molecule has 2 aromatic carbocycles. The van der Waals surface area contributed by atoms with Crippen molar-refractivity contribution in [2.45, 2.75) is 37.6 Å². The zero-order valence-electron chi connectivity index (χ0n) is 13.7. The van der Waals surface area contributed by atoms with E-state index in [1.54, 1.807) is 24.3 Å². The van der Waals surface area contributed by atoms with E-state index in [1.807, 2.05) is 18.2 Å². The van der Waals surface area contributed by atoms with Crippen molar-refractivity contribution in [3.8, 4) is 0 Å². The fourth-order valence-electron chi connectivity index (χ4n) is 3.42. The molecule has 130 valence electrons. The summed E-state index contributed by atoms with van der Waals surface area (Å²) in [5.41, 5.74) is 3.00. The van der Waals surface area contributed by atoms with E-state index in [0.717, 1.165) is 30.4 Å². The van der Waals surface area contributed by atoms with Gasteiger partial charge >= 0.3 is 5.97 Å². The molecule has 2 N–H and O–H groups in total. The van der Waals surface area contributed by atoms with Crippen LogP contribution in [0, 0.1) is 0 Å². The first-order valence-electron chi connectivity index (χ1n) is 8.40. The van der Waals surface area contributed by atoms with Crippen LogP contribution in [-0.4, -0.2) is 17.0 Å². The number of carbonyl (C=O) groups excluding carboxylic acids is 1. The highest BCUT2D eigenvalue weighted by Crippen LogP contribution is 2.32. The third-order valence-corrected chi connectivity index (χ3v) is 4.91. The van der Waals surface area contributed by atoms with Gasteiger partial charge in [0.05, 0.1) is 18.4 Å². The van der Waals surface area contributed by atoms with Crippen molar-refractivity contribution in [3.63, 3.8) is 0 Å². The smallest absolute Gasteiger partial charge is 0.305 e. The number of aliphatic carboxylic acids is 1. The molecule has 3 rings (SSSR count). The number of nitrogens with one attached hydrogen (secondary N) is 1. The minimum Gasteiger partial charge on any atom is -0.481 e. The lowest BCUT2D eigenvalue weighted by molar-refractivity contribution is -0.137. The van der Waals surface area contributed by atoms with Crippen LogP contribution in [0.4, 0.5) is 0 Å². The van der Waals surface area contributed by atoms with Crippen molar-refractivity contribution in [1.29, 1.82) is 0 Å². The molecule has 1 unspecified atom stereocenters. The summed E-state index contributed by atoms with van der Waals surface area (Å²) in [7, 11) is 0. The van der Waals surface area contributed by atoms with Crippen LogP contribution in [0.25, 0.3) is 0 Å². The summed E-state index contributed by atoms with van der Waals surface area (Å²) in [6, 6.07) is 14.3. The second-order valence-electron chi connectivity index (χ2n) is 6.35. The van der Waals surface area contributed by atoms with Crippen LogP contribution in [0.5, 0.6) is 0 Å². The molecule has 2 aromatic rings. The maximum absolute atomic E-state index is 12.9. The molecular weight excluding hydrogens is 338 g/mol. The van der Waals surface area contributed by atoms with Crippen LogP contribution in [0.2, 0.25) is 5.02 Å². The van der Waals surface area contributed by atoms with Gasteiger partial charge in [-0.05, 0) is 48.1 Å². The predicted octanol–water partition coefficient (Wildman–Crippen LogP) is 4.09. The van der Waals surface area contributed by atoms with Crippen molar-refractivity contribution in [3.05, 3.63) is 70.2 Å². The molecule has 0 bridgehead atoms. The van der Waals surface area contributed by atoms with E-state index in [0.29, 0.717) is 5.02 Å². The number of carbonyl (C=O) groups is 2. The van der Waals surface area contributed by atoms with Crippen LogP contribution in [0.1, 0.15) is 47.9 Å². The Hall–Kier alpha value is -2.33. The topological polar surface area (TPSA) is 66.4 Å². The number of rotatable bonds is 5. The molecule has 0 saturated heterocycles. The Labute approximate surface area is 151 Å². The largest absolute Gasteiger partial charge is 0.481 e. The van der Waals surface area contributed by atoms with Gasteiger partial charge in [-0.15, -0.1) is 0 Å². The van der Waals surface area contributed by atoms with Gasteiger partial charge in [0.25, 0.3) is 0 Å². The van der Waals surface area contributed by atoms with E-state index in [2.05, 4.69) is 11.4 Å². The maximum Gasteiger partial charge on any atom is 0.305 e. The van der Waals surface area contributed by atoms with Gasteiger partial charge in [-0.2, -0.15) is 0 Å². The van der Waals surface area contributed by atoms with Gasteiger partial charge in [-0.3, -0.25) is 9.59 Å². The predicted molar refractivity (Wildman–Crippen MR) is 96.7 cm³/mol. The minimum absolute atomic E-state index is 0.117. The Morgan fingerprint density at radius 2 is 1.88 bits per heavy atom. The van der Waals surface area contributed by atoms with Crippen LogP contribution >= 0.6 is 11.6 Å². The van der Waals surface area contributed by atoms with Crippen molar-refractivity contribution in [2.24, 2.45) is 0 Å². The van der Waals surface area contributed by atoms with Gasteiger partial charge in [-0.1, -0.05) is 48.0 Å². The summed E-state index contributed by atoms with van der Waals surface area (Å²) in [5, 5.41) is 12.7. The summed E-state index contributed by atoms with van der Waals surface area (Å²) in [6.07, 6.45) is 2.56. The number of carboxylic acids is 1. The standard InChI is InChI=1S/C20H20ClNO3/c21-15-10-8-14(9-11-15)18(12-19(23)24)22-20(25)17-7-3-5-13-4-1-2-6-16(13)17/h1-2,4,6,8-11,17-18H,3,5,7,12H2,(H,22,25)(H,23,24)/t17-,18?/m0/s1. The molecular formula is C20H20ClNO3. The molecule has 1 aliphatic rings. The van der Waals surface area contributed by atoms with E-state index in [9.17, 15) is 14.7 Å². The Morgan fingerprint density at radius 3 is 2.60 bits per heavy atom. The molecule has 0 heterocycles. The zero-order chi connectivity index (χ0) is 17.8. The highest BCUT2D eigenvalue weighted by atomic mass is 35.5. The van der Waals surface area contributed by atoms with E-state index < -0.39 is 12.0 Å². The average molecular weight is 358 g/mol. The molecule has 0 radical (unpaired) electrons. The first-order valence-corrected chi connectivity index (χ1v) is 8.78. The Bertz CT molecular complexity index is 773. The second-order valence-corrected chi connectivity index (χ2v) is 6.79. The maximum atomic E-state index is 12.9. The molecule has 1 amide bonds. The molecule has 0 aromatic heterocycles. The Balaban J connectivity index is 1.81. The second kappa shape index (κ2) is 7.70. The minimum atomic E-state index is -0.954. The number of fused-ring (bicyclic) bond motifs is 1. The lowest BCUT2D eigenvalue weighted by atomic mass is 9.82. The number of aryl methyl sites for hydroxylation is 1. The summed E-state index contributed by atoms with van der Waals surface area (Å²) < 4.78 is 0. The van der Waals surface area contributed by atoms with Crippen LogP contribution in [0.15, 0.2) is 48.5 Å². The number of hydrogen-bond donors (Lipinski definition) is 2. The molecule has 4 nitrogen and oxygen atoms in total. The summed E-state index contributed by atoms with van der Waals surface area (Å²) >= 11 is 5.90. The van der Waals surface area contributed by atoms with Crippen molar-refractivity contribution >= 4 is 23.5 Å². The highest BCUT2D eigenvalue weighted by Gasteiger charge is 2.28. The van der Waals surface area contributed by atoms with Crippen LogP contribution in [0.3, 0.4) is 0 Å². The summed E-state index contributed by atoms with van der Waals surface area (Å²) in [5.74, 6) is -1.30. The van der Waals surface area contributed by atoms with Crippen LogP contribution < -0.4 is 5.32 Å². The molecule has 0 spiro atoms. The van der Waals surface area contributed by atoms with Gasteiger partial charge in [0.1, 0.15) is 0 Å². The number of amides is 1. The van der Waals surface area contributed by atoms with Crippen molar-refractivity contribution in [1.82, 2.24) is 5.32 Å². The van der Waals surface area contributed by atoms with E-state index >= 15 is 0 Å². The van der Waals surface area contributed by atoms with Crippen molar-refractivity contribution in [2.75, 3.05) is 0 Å². The Morgan fingerprint density at radius 1 is 1.16 bits per heavy atom. The quantitative estimate of drug-likeness (QED) is 0.846. The van der Waals surface area contributed by atoms with Crippen LogP contribution in [-0.2, 0) is 16.0 Å². The third kappa shape index (κ3) is 4.20. The first-order chi connectivity index (χ1) is 12.0. The van der Waals surface area contributed by atoms with Gasteiger partial charge in [-0.25, -0.2) is 0 Å². The number of halogens is 1. The van der Waals surface area contributed by atoms with Gasteiger partial charge < -0.3 is 10.4 Å². The molecule has 25 heavy (non-hydrogen) atoms. The van der Waals surface area contributed by atoms with Crippen molar-refractivity contribution < 1.29 is 14.7 Å². The van der Waals surface area contributed by atoms with E-state index in [1.165, 1.54) is 5.56 Å². The molecule has 0 saturated carbocycles. The monoisotopic (exact) mass is 357 g/mol. The third-order valence-electron chi connectivity index (χ3n) is 4.65.